The Morgan fingerprint density at radius 1 is 1.07 bits per heavy atom. The number of rotatable bonds is 3. The Bertz CT molecular complexity index is 917. The van der Waals surface area contributed by atoms with Crippen molar-refractivity contribution in [3.05, 3.63) is 70.5 Å². The topological polar surface area (TPSA) is 32.8 Å². The highest BCUT2D eigenvalue weighted by Crippen LogP contribution is 2.39. The van der Waals surface area contributed by atoms with Crippen LogP contribution in [0.1, 0.15) is 16.7 Å². The summed E-state index contributed by atoms with van der Waals surface area (Å²) < 4.78 is 32.6. The van der Waals surface area contributed by atoms with Gasteiger partial charge in [0.05, 0.1) is 5.57 Å². The summed E-state index contributed by atoms with van der Waals surface area (Å²) in [6, 6.07) is 11.2. The molecule has 0 bridgehead atoms. The SMILES string of the molecule is CN1CCN(C(=O)C2=C(c3ccc(F)cc3)c3cc(CF)ccc3OC2)CC1. The first-order valence-electron chi connectivity index (χ1n) is 9.36. The first-order valence-corrected chi connectivity index (χ1v) is 9.36. The first kappa shape index (κ1) is 18.6. The highest BCUT2D eigenvalue weighted by Gasteiger charge is 2.30. The van der Waals surface area contributed by atoms with Crippen LogP contribution in [-0.4, -0.2) is 55.5 Å². The summed E-state index contributed by atoms with van der Waals surface area (Å²) in [5.41, 5.74) is 3.13. The lowest BCUT2D eigenvalue weighted by molar-refractivity contribution is -0.129. The molecule has 1 amide bonds. The summed E-state index contributed by atoms with van der Waals surface area (Å²) in [6.45, 7) is 2.45. The summed E-state index contributed by atoms with van der Waals surface area (Å²) in [6.07, 6.45) is 0. The van der Waals surface area contributed by atoms with Crippen LogP contribution in [0.5, 0.6) is 5.75 Å². The summed E-state index contributed by atoms with van der Waals surface area (Å²) >= 11 is 0. The number of likely N-dealkylation sites (N-methyl/N-ethyl adjacent to an activating group) is 1. The molecule has 0 saturated carbocycles. The molecule has 4 rings (SSSR count). The fourth-order valence-corrected chi connectivity index (χ4v) is 3.68. The maximum absolute atomic E-state index is 13.5. The van der Waals surface area contributed by atoms with Gasteiger partial charge in [-0.3, -0.25) is 4.79 Å². The molecule has 0 atom stereocenters. The minimum Gasteiger partial charge on any atom is -0.488 e. The van der Waals surface area contributed by atoms with Gasteiger partial charge >= 0.3 is 0 Å². The van der Waals surface area contributed by atoms with Crippen molar-refractivity contribution in [1.82, 2.24) is 9.80 Å². The van der Waals surface area contributed by atoms with Gasteiger partial charge in [0.1, 0.15) is 24.8 Å². The van der Waals surface area contributed by atoms with Crippen molar-refractivity contribution in [3.8, 4) is 5.75 Å². The maximum Gasteiger partial charge on any atom is 0.253 e. The summed E-state index contributed by atoms with van der Waals surface area (Å²) in [4.78, 5) is 17.3. The van der Waals surface area contributed by atoms with Crippen LogP contribution in [0.25, 0.3) is 5.57 Å². The number of amides is 1. The van der Waals surface area contributed by atoms with Gasteiger partial charge in [-0.25, -0.2) is 8.78 Å². The van der Waals surface area contributed by atoms with Crippen LogP contribution in [0, 0.1) is 5.82 Å². The van der Waals surface area contributed by atoms with Crippen molar-refractivity contribution in [1.29, 1.82) is 0 Å². The largest absolute Gasteiger partial charge is 0.488 e. The molecule has 4 nitrogen and oxygen atoms in total. The Kier molecular flexibility index (Phi) is 5.13. The number of carbonyl (C=O) groups excluding carboxylic acids is 1. The van der Waals surface area contributed by atoms with E-state index in [9.17, 15) is 13.6 Å². The fraction of sp³-hybridized carbons (Fsp3) is 0.318. The van der Waals surface area contributed by atoms with Crippen molar-refractivity contribution in [2.24, 2.45) is 0 Å². The molecule has 6 heteroatoms. The van der Waals surface area contributed by atoms with Crippen molar-refractivity contribution >= 4 is 11.5 Å². The number of hydrogen-bond donors (Lipinski definition) is 0. The molecule has 2 aromatic carbocycles. The smallest absolute Gasteiger partial charge is 0.253 e. The third-order valence-corrected chi connectivity index (χ3v) is 5.32. The summed E-state index contributed by atoms with van der Waals surface area (Å²) in [5.74, 6) is 0.177. The zero-order valence-corrected chi connectivity index (χ0v) is 15.8. The standard InChI is InChI=1S/C22H22F2N2O2/c1-25-8-10-26(11-9-25)22(27)19-14-28-20-7-2-15(13-23)12-18(20)21(19)16-3-5-17(24)6-4-16/h2-7,12H,8-11,13-14H2,1H3. The molecular formula is C22H22F2N2O2. The van der Waals surface area contributed by atoms with E-state index in [0.29, 0.717) is 41.1 Å². The zero-order chi connectivity index (χ0) is 19.7. The number of nitrogens with zero attached hydrogens (tertiary/aromatic N) is 2. The average Bonchev–Trinajstić information content (AvgIpc) is 2.73. The molecule has 1 saturated heterocycles. The van der Waals surface area contributed by atoms with E-state index in [4.69, 9.17) is 4.74 Å². The molecule has 0 N–H and O–H groups in total. The Morgan fingerprint density at radius 3 is 2.46 bits per heavy atom. The van der Waals surface area contributed by atoms with E-state index in [2.05, 4.69) is 4.90 Å². The lowest BCUT2D eigenvalue weighted by atomic mass is 9.89. The second-order valence-corrected chi connectivity index (χ2v) is 7.21. The van der Waals surface area contributed by atoms with E-state index < -0.39 is 6.67 Å². The van der Waals surface area contributed by atoms with E-state index in [0.717, 1.165) is 18.7 Å². The molecule has 2 heterocycles. The number of ether oxygens (including phenoxy) is 1. The van der Waals surface area contributed by atoms with Crippen molar-refractivity contribution in [3.63, 3.8) is 0 Å². The van der Waals surface area contributed by atoms with Gasteiger partial charge < -0.3 is 14.5 Å². The van der Waals surface area contributed by atoms with Gasteiger partial charge in [0, 0.05) is 37.3 Å². The van der Waals surface area contributed by atoms with Crippen LogP contribution in [0.3, 0.4) is 0 Å². The molecule has 0 spiro atoms. The monoisotopic (exact) mass is 384 g/mol. The molecule has 2 aliphatic rings. The number of alkyl halides is 1. The molecular weight excluding hydrogens is 362 g/mol. The van der Waals surface area contributed by atoms with E-state index in [1.807, 2.05) is 11.9 Å². The lowest BCUT2D eigenvalue weighted by Gasteiger charge is -2.34. The summed E-state index contributed by atoms with van der Waals surface area (Å²) in [5, 5.41) is 0. The molecule has 2 aliphatic heterocycles. The molecule has 0 aliphatic carbocycles. The normalized spacial score (nSPS) is 17.3. The summed E-state index contributed by atoms with van der Waals surface area (Å²) in [7, 11) is 2.03. The molecule has 0 radical (unpaired) electrons. The predicted octanol–water partition coefficient (Wildman–Crippen LogP) is 3.26. The van der Waals surface area contributed by atoms with Crippen LogP contribution in [0.4, 0.5) is 8.78 Å². The van der Waals surface area contributed by atoms with Crippen LogP contribution < -0.4 is 4.74 Å². The van der Waals surface area contributed by atoms with Gasteiger partial charge in [-0.1, -0.05) is 18.2 Å². The maximum atomic E-state index is 13.5. The molecule has 146 valence electrons. The van der Waals surface area contributed by atoms with Gasteiger partial charge in [0.15, 0.2) is 0 Å². The second-order valence-electron chi connectivity index (χ2n) is 7.21. The number of carbonyl (C=O) groups is 1. The minimum atomic E-state index is -0.605. The van der Waals surface area contributed by atoms with E-state index in [-0.39, 0.29) is 18.3 Å². The number of fused-ring (bicyclic) bond motifs is 1. The van der Waals surface area contributed by atoms with Crippen LogP contribution in [0.15, 0.2) is 48.0 Å². The van der Waals surface area contributed by atoms with Crippen molar-refractivity contribution in [2.75, 3.05) is 39.8 Å². The van der Waals surface area contributed by atoms with Gasteiger partial charge in [-0.15, -0.1) is 0 Å². The van der Waals surface area contributed by atoms with E-state index in [1.165, 1.54) is 12.1 Å². The third kappa shape index (κ3) is 3.52. The van der Waals surface area contributed by atoms with Gasteiger partial charge in [-0.05, 0) is 42.4 Å². The zero-order valence-electron chi connectivity index (χ0n) is 15.8. The Hall–Kier alpha value is -2.73. The van der Waals surface area contributed by atoms with Crippen LogP contribution in [-0.2, 0) is 11.5 Å². The predicted molar refractivity (Wildman–Crippen MR) is 103 cm³/mol. The number of halogens is 2. The Labute approximate surface area is 163 Å². The van der Waals surface area contributed by atoms with Crippen LogP contribution >= 0.6 is 0 Å². The van der Waals surface area contributed by atoms with Gasteiger partial charge in [0.25, 0.3) is 5.91 Å². The minimum absolute atomic E-state index is 0.0799. The molecule has 0 aromatic heterocycles. The molecule has 0 unspecified atom stereocenters. The number of hydrogen-bond acceptors (Lipinski definition) is 3. The van der Waals surface area contributed by atoms with E-state index >= 15 is 0 Å². The molecule has 28 heavy (non-hydrogen) atoms. The molecule has 1 fully saturated rings. The number of benzene rings is 2. The van der Waals surface area contributed by atoms with Gasteiger partial charge in [0.2, 0.25) is 0 Å². The molecule has 2 aromatic rings. The van der Waals surface area contributed by atoms with Crippen LogP contribution in [0.2, 0.25) is 0 Å². The fourth-order valence-electron chi connectivity index (χ4n) is 3.68. The first-order chi connectivity index (χ1) is 13.6. The third-order valence-electron chi connectivity index (χ3n) is 5.32. The quantitative estimate of drug-likeness (QED) is 0.814. The highest BCUT2D eigenvalue weighted by atomic mass is 19.1. The lowest BCUT2D eigenvalue weighted by Crippen LogP contribution is -2.48. The highest BCUT2D eigenvalue weighted by molar-refractivity contribution is 6.06. The number of piperazine rings is 1. The van der Waals surface area contributed by atoms with Crippen molar-refractivity contribution < 1.29 is 18.3 Å². The Balaban J connectivity index is 1.82. The van der Waals surface area contributed by atoms with Gasteiger partial charge in [-0.2, -0.15) is 0 Å². The van der Waals surface area contributed by atoms with E-state index in [1.54, 1.807) is 30.3 Å². The average molecular weight is 384 g/mol. The van der Waals surface area contributed by atoms with Crippen molar-refractivity contribution in [2.45, 2.75) is 6.67 Å². The Morgan fingerprint density at radius 2 is 1.79 bits per heavy atom. The second kappa shape index (κ2) is 7.72.